The van der Waals surface area contributed by atoms with Crippen molar-refractivity contribution in [1.29, 1.82) is 0 Å². The van der Waals surface area contributed by atoms with E-state index in [1.807, 2.05) is 16.3 Å². The summed E-state index contributed by atoms with van der Waals surface area (Å²) >= 11 is 1.68. The summed E-state index contributed by atoms with van der Waals surface area (Å²) < 4.78 is 0. The number of amides is 2. The minimum atomic E-state index is -0.0391. The molecule has 0 spiro atoms. The number of guanidine groups is 1. The Bertz CT molecular complexity index is 698. The highest BCUT2D eigenvalue weighted by Gasteiger charge is 2.31. The molecule has 1 saturated heterocycles. The second-order valence-corrected chi connectivity index (χ2v) is 9.17. The molecule has 1 aromatic heterocycles. The van der Waals surface area contributed by atoms with Crippen LogP contribution in [0, 0.1) is 5.92 Å². The summed E-state index contributed by atoms with van der Waals surface area (Å²) in [6, 6.07) is 4.25. The van der Waals surface area contributed by atoms with E-state index in [0.29, 0.717) is 25.0 Å². The lowest BCUT2D eigenvalue weighted by atomic mass is 9.88. The van der Waals surface area contributed by atoms with Crippen LogP contribution in [0.15, 0.2) is 22.5 Å². The Morgan fingerprint density at radius 2 is 2.03 bits per heavy atom. The number of nitrogens with zero attached hydrogens (tertiary/aromatic N) is 3. The molecule has 2 amide bonds. The van der Waals surface area contributed by atoms with Gasteiger partial charge in [0.15, 0.2) is 5.96 Å². The number of hydrogen-bond acceptors (Lipinski definition) is 4. The number of thiophene rings is 1. The third kappa shape index (κ3) is 6.45. The molecule has 2 fully saturated rings. The standard InChI is InChI=1S/C21H33N5O2S/c1-25(2)19(27)14-23-21(22-13-18-9-6-12-29-18)24-17-10-11-26(15-17)20(28)16-7-4-3-5-8-16/h6,9,12,16-17H,3-5,7-8,10-11,13-15H2,1-2H3,(H2,22,23,24). The van der Waals surface area contributed by atoms with Crippen molar-refractivity contribution in [2.45, 2.75) is 51.1 Å². The number of aliphatic imine (C=N–C) groups is 1. The van der Waals surface area contributed by atoms with E-state index in [-0.39, 0.29) is 24.4 Å². The van der Waals surface area contributed by atoms with E-state index in [1.165, 1.54) is 24.1 Å². The molecule has 1 saturated carbocycles. The van der Waals surface area contributed by atoms with E-state index in [2.05, 4.69) is 21.7 Å². The first kappa shape index (κ1) is 21.6. The van der Waals surface area contributed by atoms with E-state index in [1.54, 1.807) is 30.3 Å². The van der Waals surface area contributed by atoms with E-state index in [0.717, 1.165) is 25.8 Å². The molecule has 1 atom stereocenters. The fourth-order valence-corrected chi connectivity index (χ4v) is 4.55. The Hall–Kier alpha value is -2.09. The smallest absolute Gasteiger partial charge is 0.243 e. The predicted octanol–water partition coefficient (Wildman–Crippen LogP) is 2.05. The Labute approximate surface area is 177 Å². The Kier molecular flexibility index (Phi) is 7.91. The van der Waals surface area contributed by atoms with E-state index < -0.39 is 0 Å². The molecular weight excluding hydrogens is 386 g/mol. The van der Waals surface area contributed by atoms with Crippen LogP contribution >= 0.6 is 11.3 Å². The van der Waals surface area contributed by atoms with Crippen LogP contribution in [0.5, 0.6) is 0 Å². The van der Waals surface area contributed by atoms with Gasteiger partial charge in [-0.25, -0.2) is 4.99 Å². The summed E-state index contributed by atoms with van der Waals surface area (Å²) in [7, 11) is 3.46. The molecule has 1 aromatic rings. The lowest BCUT2D eigenvalue weighted by molar-refractivity contribution is -0.135. The van der Waals surface area contributed by atoms with Gasteiger partial charge in [0, 0.05) is 44.0 Å². The molecule has 1 unspecified atom stereocenters. The molecule has 2 N–H and O–H groups in total. The quantitative estimate of drug-likeness (QED) is 0.547. The van der Waals surface area contributed by atoms with Gasteiger partial charge in [-0.1, -0.05) is 25.3 Å². The normalized spacial score (nSPS) is 20.6. The van der Waals surface area contributed by atoms with Crippen LogP contribution in [-0.4, -0.2) is 67.3 Å². The van der Waals surface area contributed by atoms with Crippen LogP contribution in [-0.2, 0) is 16.1 Å². The monoisotopic (exact) mass is 419 g/mol. The summed E-state index contributed by atoms with van der Waals surface area (Å²) in [6.07, 6.45) is 6.59. The number of carbonyl (C=O) groups is 2. The maximum absolute atomic E-state index is 12.8. The van der Waals surface area contributed by atoms with Gasteiger partial charge in [0.2, 0.25) is 11.8 Å². The summed E-state index contributed by atoms with van der Waals surface area (Å²) in [6.45, 7) is 2.26. The minimum absolute atomic E-state index is 0.0391. The van der Waals surface area contributed by atoms with Crippen molar-refractivity contribution in [3.8, 4) is 0 Å². The number of hydrogen-bond donors (Lipinski definition) is 2. The first-order valence-electron chi connectivity index (χ1n) is 10.6. The van der Waals surface area contributed by atoms with Gasteiger partial charge in [-0.2, -0.15) is 0 Å². The maximum atomic E-state index is 12.8. The average molecular weight is 420 g/mol. The number of nitrogens with one attached hydrogen (secondary N) is 2. The van der Waals surface area contributed by atoms with E-state index in [4.69, 9.17) is 0 Å². The van der Waals surface area contributed by atoms with Gasteiger partial charge in [-0.05, 0) is 30.7 Å². The number of likely N-dealkylation sites (tertiary alicyclic amines) is 1. The average Bonchev–Trinajstić information content (AvgIpc) is 3.42. The fourth-order valence-electron chi connectivity index (χ4n) is 3.90. The van der Waals surface area contributed by atoms with Crippen molar-refractivity contribution in [3.63, 3.8) is 0 Å². The Balaban J connectivity index is 1.55. The summed E-state index contributed by atoms with van der Waals surface area (Å²) in [4.78, 5) is 34.0. The van der Waals surface area contributed by atoms with Gasteiger partial charge >= 0.3 is 0 Å². The summed E-state index contributed by atoms with van der Waals surface area (Å²) in [5.41, 5.74) is 0. The molecular formula is C21H33N5O2S. The van der Waals surface area contributed by atoms with E-state index in [9.17, 15) is 9.59 Å². The lowest BCUT2D eigenvalue weighted by Gasteiger charge is -2.26. The van der Waals surface area contributed by atoms with Crippen molar-refractivity contribution < 1.29 is 9.59 Å². The molecule has 7 nitrogen and oxygen atoms in total. The van der Waals surface area contributed by atoms with E-state index >= 15 is 0 Å². The lowest BCUT2D eigenvalue weighted by Crippen LogP contribution is -2.45. The van der Waals surface area contributed by atoms with Gasteiger partial charge in [0.25, 0.3) is 0 Å². The first-order chi connectivity index (χ1) is 14.0. The summed E-state index contributed by atoms with van der Waals surface area (Å²) in [5, 5.41) is 8.81. The highest BCUT2D eigenvalue weighted by molar-refractivity contribution is 7.09. The zero-order valence-electron chi connectivity index (χ0n) is 17.5. The maximum Gasteiger partial charge on any atom is 0.243 e. The molecule has 2 aliphatic rings. The van der Waals surface area contributed by atoms with Crippen LogP contribution in [0.3, 0.4) is 0 Å². The fraction of sp³-hybridized carbons (Fsp3) is 0.667. The third-order valence-electron chi connectivity index (χ3n) is 5.68. The van der Waals surface area contributed by atoms with Crippen molar-refractivity contribution >= 4 is 29.1 Å². The van der Waals surface area contributed by atoms with Crippen LogP contribution in [0.1, 0.15) is 43.4 Å². The van der Waals surface area contributed by atoms with Crippen LogP contribution in [0.25, 0.3) is 0 Å². The molecule has 0 bridgehead atoms. The third-order valence-corrected chi connectivity index (χ3v) is 6.55. The van der Waals surface area contributed by atoms with Crippen LogP contribution in [0.4, 0.5) is 0 Å². The second kappa shape index (κ2) is 10.6. The highest BCUT2D eigenvalue weighted by Crippen LogP contribution is 2.26. The van der Waals surface area contributed by atoms with Crippen LogP contribution in [0.2, 0.25) is 0 Å². The molecule has 2 heterocycles. The molecule has 8 heteroatoms. The highest BCUT2D eigenvalue weighted by atomic mass is 32.1. The zero-order chi connectivity index (χ0) is 20.6. The van der Waals surface area contributed by atoms with Gasteiger partial charge in [0.1, 0.15) is 6.54 Å². The van der Waals surface area contributed by atoms with Crippen LogP contribution < -0.4 is 10.6 Å². The minimum Gasteiger partial charge on any atom is -0.352 e. The molecule has 1 aliphatic carbocycles. The van der Waals surface area contributed by atoms with Gasteiger partial charge < -0.3 is 20.4 Å². The predicted molar refractivity (Wildman–Crippen MR) is 117 cm³/mol. The largest absolute Gasteiger partial charge is 0.352 e. The van der Waals surface area contributed by atoms with Crippen molar-refractivity contribution in [2.75, 3.05) is 33.7 Å². The number of likely N-dealkylation sites (N-methyl/N-ethyl adjacent to an activating group) is 1. The molecule has 3 rings (SSSR count). The SMILES string of the molecule is CN(C)C(=O)CN=C(NCc1cccs1)NC1CCN(C(=O)C2CCCCC2)C1. The topological polar surface area (TPSA) is 77.0 Å². The van der Waals surface area contributed by atoms with Gasteiger partial charge in [-0.15, -0.1) is 11.3 Å². The Morgan fingerprint density at radius 1 is 1.24 bits per heavy atom. The Morgan fingerprint density at radius 3 is 2.72 bits per heavy atom. The van der Waals surface area contributed by atoms with Gasteiger partial charge in [0.05, 0.1) is 6.54 Å². The summed E-state index contributed by atoms with van der Waals surface area (Å²) in [5.74, 6) is 1.13. The van der Waals surface area contributed by atoms with Crippen molar-refractivity contribution in [1.82, 2.24) is 20.4 Å². The molecule has 0 aromatic carbocycles. The van der Waals surface area contributed by atoms with Gasteiger partial charge in [-0.3, -0.25) is 9.59 Å². The van der Waals surface area contributed by atoms with Crippen molar-refractivity contribution in [3.05, 3.63) is 22.4 Å². The molecule has 29 heavy (non-hydrogen) atoms. The zero-order valence-corrected chi connectivity index (χ0v) is 18.3. The first-order valence-corrected chi connectivity index (χ1v) is 11.5. The number of carbonyl (C=O) groups excluding carboxylic acids is 2. The molecule has 1 aliphatic heterocycles. The van der Waals surface area contributed by atoms with Crippen molar-refractivity contribution in [2.24, 2.45) is 10.9 Å². The molecule has 160 valence electrons. The molecule has 0 radical (unpaired) electrons. The second-order valence-electron chi connectivity index (χ2n) is 8.14. The number of rotatable bonds is 6.